The molecule has 1 rings (SSSR count). The first-order valence-electron chi connectivity index (χ1n) is 5.32. The van der Waals surface area contributed by atoms with E-state index in [-0.39, 0.29) is 18.4 Å². The van der Waals surface area contributed by atoms with E-state index in [1.807, 2.05) is 6.92 Å². The van der Waals surface area contributed by atoms with Crippen molar-refractivity contribution in [3.63, 3.8) is 0 Å². The van der Waals surface area contributed by atoms with Crippen LogP contribution in [0.3, 0.4) is 0 Å². The zero-order valence-electron chi connectivity index (χ0n) is 8.90. The van der Waals surface area contributed by atoms with Crippen molar-refractivity contribution in [2.75, 3.05) is 0 Å². The maximum Gasteiger partial charge on any atom is 0.305 e. The number of aliphatic carboxylic acids is 1. The van der Waals surface area contributed by atoms with Crippen molar-refractivity contribution in [1.29, 1.82) is 0 Å². The molecule has 1 saturated carbocycles. The van der Waals surface area contributed by atoms with Crippen molar-refractivity contribution in [2.45, 2.75) is 44.7 Å². The molecule has 0 aromatic rings. The zero-order chi connectivity index (χ0) is 11.4. The molecule has 1 aliphatic carbocycles. The average molecular weight is 214 g/mol. The highest BCUT2D eigenvalue weighted by Gasteiger charge is 2.34. The molecule has 4 N–H and O–H groups in total. The fourth-order valence-electron chi connectivity index (χ4n) is 1.50. The quantitative estimate of drug-likeness (QED) is 0.584. The van der Waals surface area contributed by atoms with Gasteiger partial charge in [-0.3, -0.25) is 9.59 Å². The first-order chi connectivity index (χ1) is 7.04. The summed E-state index contributed by atoms with van der Waals surface area (Å²) in [5.74, 6) is -0.790. The van der Waals surface area contributed by atoms with E-state index in [1.54, 1.807) is 0 Å². The Balaban J connectivity index is 2.43. The molecule has 1 aliphatic rings. The molecule has 0 heterocycles. The Morgan fingerprint density at radius 2 is 2.13 bits per heavy atom. The third-order valence-electron chi connectivity index (χ3n) is 2.69. The molecular weight excluding hydrogens is 196 g/mol. The monoisotopic (exact) mass is 214 g/mol. The van der Waals surface area contributed by atoms with E-state index in [2.05, 4.69) is 5.32 Å². The highest BCUT2D eigenvalue weighted by Crippen LogP contribution is 2.34. The third kappa shape index (κ3) is 3.87. The molecule has 0 bridgehead atoms. The van der Waals surface area contributed by atoms with Crippen LogP contribution < -0.4 is 11.1 Å². The lowest BCUT2D eigenvalue weighted by Crippen LogP contribution is -2.46. The molecule has 0 aliphatic heterocycles. The van der Waals surface area contributed by atoms with Crippen LogP contribution in [0.5, 0.6) is 0 Å². The van der Waals surface area contributed by atoms with Crippen molar-refractivity contribution >= 4 is 11.9 Å². The fraction of sp³-hybridized carbons (Fsp3) is 0.800. The molecule has 1 fully saturated rings. The molecule has 5 heteroatoms. The van der Waals surface area contributed by atoms with Crippen LogP contribution in [-0.4, -0.2) is 29.1 Å². The van der Waals surface area contributed by atoms with Gasteiger partial charge >= 0.3 is 5.97 Å². The Bertz CT molecular complexity index is 251. The number of carboxylic acid groups (broad SMARTS) is 1. The van der Waals surface area contributed by atoms with E-state index < -0.39 is 12.0 Å². The highest BCUT2D eigenvalue weighted by atomic mass is 16.4. The van der Waals surface area contributed by atoms with Crippen LogP contribution in [0.15, 0.2) is 0 Å². The Labute approximate surface area is 89.0 Å². The van der Waals surface area contributed by atoms with Crippen LogP contribution in [0.2, 0.25) is 0 Å². The van der Waals surface area contributed by atoms with Crippen LogP contribution in [0.25, 0.3) is 0 Å². The summed E-state index contributed by atoms with van der Waals surface area (Å²) in [6.45, 7) is 1.83. The van der Waals surface area contributed by atoms with Gasteiger partial charge in [-0.25, -0.2) is 0 Å². The second-order valence-corrected chi connectivity index (χ2v) is 4.07. The zero-order valence-corrected chi connectivity index (χ0v) is 8.90. The van der Waals surface area contributed by atoms with Gasteiger partial charge in [0, 0.05) is 6.04 Å². The van der Waals surface area contributed by atoms with Crippen LogP contribution in [0.4, 0.5) is 0 Å². The van der Waals surface area contributed by atoms with Gasteiger partial charge in [-0.15, -0.1) is 0 Å². The van der Waals surface area contributed by atoms with Gasteiger partial charge in [0.05, 0.1) is 12.5 Å². The molecule has 2 unspecified atom stereocenters. The largest absolute Gasteiger partial charge is 0.481 e. The summed E-state index contributed by atoms with van der Waals surface area (Å²) in [5.41, 5.74) is 5.56. The van der Waals surface area contributed by atoms with Gasteiger partial charge in [0.15, 0.2) is 0 Å². The predicted molar refractivity (Wildman–Crippen MR) is 55.2 cm³/mol. The summed E-state index contributed by atoms with van der Waals surface area (Å²) in [4.78, 5) is 22.0. The van der Waals surface area contributed by atoms with Crippen LogP contribution >= 0.6 is 0 Å². The summed E-state index contributed by atoms with van der Waals surface area (Å²) in [6.07, 6.45) is 2.56. The van der Waals surface area contributed by atoms with Gasteiger partial charge in [0.2, 0.25) is 5.91 Å². The molecule has 0 saturated heterocycles. The lowest BCUT2D eigenvalue weighted by Gasteiger charge is -2.18. The average Bonchev–Trinajstić information content (AvgIpc) is 2.97. The Kier molecular flexibility index (Phi) is 4.08. The summed E-state index contributed by atoms with van der Waals surface area (Å²) in [7, 11) is 0. The summed E-state index contributed by atoms with van der Waals surface area (Å²) in [6, 6.07) is -0.771. The van der Waals surface area contributed by atoms with Gasteiger partial charge in [0.1, 0.15) is 0 Å². The molecule has 0 aromatic heterocycles. The van der Waals surface area contributed by atoms with Crippen molar-refractivity contribution in [2.24, 2.45) is 11.7 Å². The third-order valence-corrected chi connectivity index (χ3v) is 2.69. The summed E-state index contributed by atoms with van der Waals surface area (Å²) >= 11 is 0. The maximum absolute atomic E-state index is 11.5. The highest BCUT2D eigenvalue weighted by molar-refractivity contribution is 5.82. The van der Waals surface area contributed by atoms with E-state index in [9.17, 15) is 9.59 Å². The molecule has 5 nitrogen and oxygen atoms in total. The number of carbonyl (C=O) groups excluding carboxylic acids is 1. The second-order valence-electron chi connectivity index (χ2n) is 4.07. The van der Waals surface area contributed by atoms with E-state index in [0.717, 1.165) is 12.8 Å². The number of carboxylic acids is 1. The number of amides is 1. The molecule has 1 amide bonds. The number of carbonyl (C=O) groups is 2. The summed E-state index contributed by atoms with van der Waals surface area (Å²) < 4.78 is 0. The van der Waals surface area contributed by atoms with Crippen LogP contribution in [0.1, 0.15) is 32.6 Å². The minimum Gasteiger partial charge on any atom is -0.481 e. The van der Waals surface area contributed by atoms with Gasteiger partial charge in [-0.2, -0.15) is 0 Å². The standard InChI is InChI=1S/C10H18N2O3/c1-2-7(11)10(15)12-8(5-9(13)14)6-3-4-6/h6-8H,2-5,11H2,1H3,(H,12,15)(H,13,14). The Morgan fingerprint density at radius 1 is 1.53 bits per heavy atom. The lowest BCUT2D eigenvalue weighted by atomic mass is 10.1. The van der Waals surface area contributed by atoms with Gasteiger partial charge in [0.25, 0.3) is 0 Å². The minimum absolute atomic E-state index is 0.00710. The molecule has 0 aromatic carbocycles. The van der Waals surface area contributed by atoms with E-state index in [4.69, 9.17) is 10.8 Å². The molecule has 0 radical (unpaired) electrons. The van der Waals surface area contributed by atoms with Crippen molar-refractivity contribution in [1.82, 2.24) is 5.32 Å². The predicted octanol–water partition coefficient (Wildman–Crippen LogP) is 0.0932. The van der Waals surface area contributed by atoms with Crippen molar-refractivity contribution in [3.8, 4) is 0 Å². The summed E-state index contributed by atoms with van der Waals surface area (Å²) in [5, 5.41) is 11.4. The van der Waals surface area contributed by atoms with E-state index >= 15 is 0 Å². The molecule has 0 spiro atoms. The SMILES string of the molecule is CCC(N)C(=O)NC(CC(=O)O)C1CC1. The van der Waals surface area contributed by atoms with Gasteiger partial charge in [-0.1, -0.05) is 6.92 Å². The van der Waals surface area contributed by atoms with E-state index in [0.29, 0.717) is 12.3 Å². The normalized spacial score (nSPS) is 19.3. The van der Waals surface area contributed by atoms with Crippen molar-refractivity contribution in [3.05, 3.63) is 0 Å². The first kappa shape index (κ1) is 12.0. The van der Waals surface area contributed by atoms with E-state index in [1.165, 1.54) is 0 Å². The second kappa shape index (κ2) is 5.11. The Hall–Kier alpha value is -1.10. The topological polar surface area (TPSA) is 92.4 Å². The fourth-order valence-corrected chi connectivity index (χ4v) is 1.50. The van der Waals surface area contributed by atoms with Gasteiger partial charge < -0.3 is 16.2 Å². The molecule has 15 heavy (non-hydrogen) atoms. The van der Waals surface area contributed by atoms with Crippen molar-refractivity contribution < 1.29 is 14.7 Å². The van der Waals surface area contributed by atoms with Crippen LogP contribution in [0, 0.1) is 5.92 Å². The lowest BCUT2D eigenvalue weighted by molar-refractivity contribution is -0.138. The molecular formula is C10H18N2O3. The van der Waals surface area contributed by atoms with Gasteiger partial charge in [-0.05, 0) is 25.2 Å². The van der Waals surface area contributed by atoms with Crippen LogP contribution in [-0.2, 0) is 9.59 Å². The number of rotatable bonds is 6. The number of hydrogen-bond donors (Lipinski definition) is 3. The number of nitrogens with one attached hydrogen (secondary N) is 1. The first-order valence-corrected chi connectivity index (χ1v) is 5.32. The maximum atomic E-state index is 11.5. The number of hydrogen-bond acceptors (Lipinski definition) is 3. The Morgan fingerprint density at radius 3 is 2.53 bits per heavy atom. The molecule has 2 atom stereocenters. The smallest absolute Gasteiger partial charge is 0.305 e. The molecule has 86 valence electrons. The minimum atomic E-state index is -0.878. The number of nitrogens with two attached hydrogens (primary N) is 1.